The number of nitrogens with zero attached hydrogens (tertiary/aromatic N) is 3. The molecule has 0 spiro atoms. The third-order valence-electron chi connectivity index (χ3n) is 5.43. The SMILES string of the molecule is COCCn1c(C(CC(C)C)N2C[C@@H](C)N[C@@H](C)C2)nc2ccccc2c1=O. The number of aromatic nitrogens is 2. The maximum Gasteiger partial charge on any atom is 0.261 e. The van der Waals surface area contributed by atoms with Gasteiger partial charge in [-0.2, -0.15) is 0 Å². The van der Waals surface area contributed by atoms with Crippen molar-refractivity contribution >= 4 is 10.9 Å². The summed E-state index contributed by atoms with van der Waals surface area (Å²) in [6, 6.07) is 8.60. The number of ether oxygens (including phenoxy) is 1. The lowest BCUT2D eigenvalue weighted by Gasteiger charge is -2.41. The topological polar surface area (TPSA) is 59.4 Å². The quantitative estimate of drug-likeness (QED) is 0.793. The van der Waals surface area contributed by atoms with Crippen LogP contribution in [0.25, 0.3) is 10.9 Å². The van der Waals surface area contributed by atoms with E-state index in [1.807, 2.05) is 28.8 Å². The van der Waals surface area contributed by atoms with E-state index in [-0.39, 0.29) is 11.6 Å². The second-order valence-corrected chi connectivity index (χ2v) is 8.50. The van der Waals surface area contributed by atoms with E-state index < -0.39 is 0 Å². The van der Waals surface area contributed by atoms with E-state index in [9.17, 15) is 4.79 Å². The average Bonchev–Trinajstić information content (AvgIpc) is 2.64. The molecule has 1 fully saturated rings. The van der Waals surface area contributed by atoms with Crippen LogP contribution < -0.4 is 10.9 Å². The second-order valence-electron chi connectivity index (χ2n) is 8.50. The third-order valence-corrected chi connectivity index (χ3v) is 5.43. The van der Waals surface area contributed by atoms with Crippen LogP contribution in [0.4, 0.5) is 0 Å². The number of hydrogen-bond acceptors (Lipinski definition) is 5. The lowest BCUT2D eigenvalue weighted by Crippen LogP contribution is -2.55. The van der Waals surface area contributed by atoms with Gasteiger partial charge in [0.2, 0.25) is 0 Å². The Morgan fingerprint density at radius 2 is 1.89 bits per heavy atom. The first-order valence-electron chi connectivity index (χ1n) is 10.4. The van der Waals surface area contributed by atoms with Gasteiger partial charge in [-0.1, -0.05) is 26.0 Å². The Kier molecular flexibility index (Phi) is 6.86. The van der Waals surface area contributed by atoms with Crippen LogP contribution in [0.15, 0.2) is 29.1 Å². The number of methoxy groups -OCH3 is 1. The summed E-state index contributed by atoms with van der Waals surface area (Å²) >= 11 is 0. The fourth-order valence-corrected chi connectivity index (χ4v) is 4.33. The molecule has 6 nitrogen and oxygen atoms in total. The zero-order valence-corrected chi connectivity index (χ0v) is 17.8. The molecule has 1 aromatic heterocycles. The molecule has 28 heavy (non-hydrogen) atoms. The van der Waals surface area contributed by atoms with E-state index in [0.717, 1.165) is 30.9 Å². The average molecular weight is 387 g/mol. The Balaban J connectivity index is 2.13. The standard InChI is InChI=1S/C22H34N4O2/c1-15(2)12-20(25-13-16(3)23-17(4)14-25)21-24-19-9-7-6-8-18(19)22(27)26(21)10-11-28-5/h6-9,15-17,20,23H,10-14H2,1-5H3/t16-,17+,20?. The van der Waals surface area contributed by atoms with Crippen molar-refractivity contribution in [3.8, 4) is 0 Å². The number of piperazine rings is 1. The number of nitrogens with one attached hydrogen (secondary N) is 1. The molecule has 0 aliphatic carbocycles. The number of rotatable bonds is 7. The summed E-state index contributed by atoms with van der Waals surface area (Å²) in [5.41, 5.74) is 0.809. The molecule has 2 heterocycles. The zero-order valence-electron chi connectivity index (χ0n) is 17.8. The van der Waals surface area contributed by atoms with Crippen LogP contribution in [-0.2, 0) is 11.3 Å². The van der Waals surface area contributed by atoms with Crippen molar-refractivity contribution in [2.75, 3.05) is 26.8 Å². The highest BCUT2D eigenvalue weighted by Gasteiger charge is 2.31. The molecule has 1 unspecified atom stereocenters. The third kappa shape index (κ3) is 4.62. The van der Waals surface area contributed by atoms with Crippen molar-refractivity contribution in [1.82, 2.24) is 19.8 Å². The molecule has 3 rings (SSSR count). The predicted octanol–water partition coefficient (Wildman–Crippen LogP) is 2.81. The van der Waals surface area contributed by atoms with Crippen molar-refractivity contribution in [3.63, 3.8) is 0 Å². The molecule has 3 atom stereocenters. The summed E-state index contributed by atoms with van der Waals surface area (Å²) in [5, 5.41) is 4.28. The Bertz CT molecular complexity index is 838. The molecule has 0 bridgehead atoms. The molecule has 154 valence electrons. The normalized spacial score (nSPS) is 22.1. The highest BCUT2D eigenvalue weighted by atomic mass is 16.5. The lowest BCUT2D eigenvalue weighted by atomic mass is 9.98. The smallest absolute Gasteiger partial charge is 0.261 e. The van der Waals surface area contributed by atoms with Gasteiger partial charge in [-0.05, 0) is 38.3 Å². The Morgan fingerprint density at radius 1 is 1.21 bits per heavy atom. The van der Waals surface area contributed by atoms with Gasteiger partial charge in [-0.3, -0.25) is 14.3 Å². The van der Waals surface area contributed by atoms with E-state index in [1.165, 1.54) is 0 Å². The Hall–Kier alpha value is -1.76. The van der Waals surface area contributed by atoms with Gasteiger partial charge in [0, 0.05) is 32.3 Å². The van der Waals surface area contributed by atoms with E-state index in [0.29, 0.717) is 36.5 Å². The number of benzene rings is 1. The molecular weight excluding hydrogens is 352 g/mol. The molecule has 0 saturated carbocycles. The molecule has 1 aliphatic heterocycles. The van der Waals surface area contributed by atoms with E-state index in [2.05, 4.69) is 37.9 Å². The first-order chi connectivity index (χ1) is 13.4. The maximum absolute atomic E-state index is 13.3. The molecule has 1 N–H and O–H groups in total. The van der Waals surface area contributed by atoms with Gasteiger partial charge in [0.15, 0.2) is 0 Å². The minimum Gasteiger partial charge on any atom is -0.383 e. The Morgan fingerprint density at radius 3 is 2.54 bits per heavy atom. The van der Waals surface area contributed by atoms with Crippen molar-refractivity contribution < 1.29 is 4.74 Å². The molecule has 6 heteroatoms. The van der Waals surface area contributed by atoms with Gasteiger partial charge in [0.05, 0.1) is 30.1 Å². The first-order valence-corrected chi connectivity index (χ1v) is 10.4. The summed E-state index contributed by atoms with van der Waals surface area (Å²) in [6.45, 7) is 11.8. The molecule has 0 radical (unpaired) electrons. The summed E-state index contributed by atoms with van der Waals surface area (Å²) < 4.78 is 7.14. The van der Waals surface area contributed by atoms with Crippen LogP contribution in [0.2, 0.25) is 0 Å². The highest BCUT2D eigenvalue weighted by Crippen LogP contribution is 2.29. The second kappa shape index (κ2) is 9.16. The predicted molar refractivity (Wildman–Crippen MR) is 114 cm³/mol. The maximum atomic E-state index is 13.3. The monoisotopic (exact) mass is 386 g/mol. The first kappa shape index (κ1) is 21.0. The van der Waals surface area contributed by atoms with Crippen LogP contribution >= 0.6 is 0 Å². The van der Waals surface area contributed by atoms with Crippen LogP contribution in [0.5, 0.6) is 0 Å². The van der Waals surface area contributed by atoms with Crippen molar-refractivity contribution in [2.24, 2.45) is 5.92 Å². The summed E-state index contributed by atoms with van der Waals surface area (Å²) in [4.78, 5) is 20.8. The van der Waals surface area contributed by atoms with E-state index in [4.69, 9.17) is 9.72 Å². The van der Waals surface area contributed by atoms with Crippen molar-refractivity contribution in [2.45, 2.75) is 58.8 Å². The Labute approximate surface area is 167 Å². The van der Waals surface area contributed by atoms with Gasteiger partial charge >= 0.3 is 0 Å². The molecular formula is C22H34N4O2. The highest BCUT2D eigenvalue weighted by molar-refractivity contribution is 5.77. The summed E-state index contributed by atoms with van der Waals surface area (Å²) in [5.74, 6) is 1.38. The molecule has 1 aliphatic rings. The van der Waals surface area contributed by atoms with Gasteiger partial charge in [-0.25, -0.2) is 4.98 Å². The molecule has 0 amide bonds. The van der Waals surface area contributed by atoms with Gasteiger partial charge in [-0.15, -0.1) is 0 Å². The van der Waals surface area contributed by atoms with Gasteiger partial charge < -0.3 is 10.1 Å². The van der Waals surface area contributed by atoms with Crippen LogP contribution in [0, 0.1) is 5.92 Å². The van der Waals surface area contributed by atoms with Crippen molar-refractivity contribution in [1.29, 1.82) is 0 Å². The van der Waals surface area contributed by atoms with Gasteiger partial charge in [0.25, 0.3) is 5.56 Å². The summed E-state index contributed by atoms with van der Waals surface area (Å²) in [6.07, 6.45) is 0.969. The number of fused-ring (bicyclic) bond motifs is 1. The summed E-state index contributed by atoms with van der Waals surface area (Å²) in [7, 11) is 1.67. The molecule has 1 aromatic carbocycles. The number of para-hydroxylation sites is 1. The van der Waals surface area contributed by atoms with Crippen molar-refractivity contribution in [3.05, 3.63) is 40.4 Å². The zero-order chi connectivity index (χ0) is 20.3. The van der Waals surface area contributed by atoms with Crippen LogP contribution in [0.3, 0.4) is 0 Å². The van der Waals surface area contributed by atoms with Crippen LogP contribution in [0.1, 0.15) is 46.0 Å². The molecule has 1 saturated heterocycles. The fourth-order valence-electron chi connectivity index (χ4n) is 4.33. The van der Waals surface area contributed by atoms with E-state index >= 15 is 0 Å². The van der Waals surface area contributed by atoms with Gasteiger partial charge in [0.1, 0.15) is 5.82 Å². The van der Waals surface area contributed by atoms with Crippen LogP contribution in [-0.4, -0.2) is 53.3 Å². The molecule has 2 aromatic rings. The largest absolute Gasteiger partial charge is 0.383 e. The number of hydrogen-bond donors (Lipinski definition) is 1. The minimum atomic E-state index is 0.0302. The lowest BCUT2D eigenvalue weighted by molar-refractivity contribution is 0.0992. The fraction of sp³-hybridized carbons (Fsp3) is 0.636. The minimum absolute atomic E-state index is 0.0302. The van der Waals surface area contributed by atoms with E-state index in [1.54, 1.807) is 7.11 Å².